The van der Waals surface area contributed by atoms with E-state index in [2.05, 4.69) is 10.3 Å². The lowest BCUT2D eigenvalue weighted by molar-refractivity contribution is -0.131. The average molecular weight is 361 g/mol. The van der Waals surface area contributed by atoms with Crippen LogP contribution in [0.2, 0.25) is 0 Å². The zero-order valence-corrected chi connectivity index (χ0v) is 14.9. The highest BCUT2D eigenvalue weighted by Gasteiger charge is 2.18. The molecule has 0 unspecified atom stereocenters. The fourth-order valence-electron chi connectivity index (χ4n) is 2.50. The van der Waals surface area contributed by atoms with Gasteiger partial charge in [-0.15, -0.1) is 11.3 Å². The first-order chi connectivity index (χ1) is 11.7. The number of likely N-dealkylation sites (tertiary alicyclic amines) is 1. The lowest BCUT2D eigenvalue weighted by Crippen LogP contribution is -2.39. The number of nitrogens with zero attached hydrogens (tertiary/aromatic N) is 2. The summed E-state index contributed by atoms with van der Waals surface area (Å²) in [4.78, 5) is 30.1. The molecule has 0 aliphatic carbocycles. The number of hydrogen-bond acceptors (Lipinski definition) is 5. The van der Waals surface area contributed by atoms with Crippen LogP contribution in [0, 0.1) is 0 Å². The largest absolute Gasteiger partial charge is 0.346 e. The molecule has 0 radical (unpaired) electrons. The number of amides is 2. The molecule has 126 valence electrons. The Kier molecular flexibility index (Phi) is 5.87. The van der Waals surface area contributed by atoms with Gasteiger partial charge < -0.3 is 10.2 Å². The van der Waals surface area contributed by atoms with Crippen molar-refractivity contribution in [3.05, 3.63) is 35.7 Å². The van der Waals surface area contributed by atoms with Crippen molar-refractivity contribution < 1.29 is 9.59 Å². The van der Waals surface area contributed by atoms with Crippen LogP contribution >= 0.6 is 23.1 Å². The molecule has 1 aromatic heterocycles. The van der Waals surface area contributed by atoms with E-state index >= 15 is 0 Å². The van der Waals surface area contributed by atoms with Crippen molar-refractivity contribution in [1.82, 2.24) is 15.2 Å². The van der Waals surface area contributed by atoms with Crippen LogP contribution in [-0.2, 0) is 9.59 Å². The van der Waals surface area contributed by atoms with Gasteiger partial charge in [-0.2, -0.15) is 0 Å². The zero-order valence-electron chi connectivity index (χ0n) is 13.2. The molecule has 24 heavy (non-hydrogen) atoms. The lowest BCUT2D eigenvalue weighted by Gasteiger charge is -2.15. The summed E-state index contributed by atoms with van der Waals surface area (Å²) in [6.07, 6.45) is 2.12. The predicted octanol–water partition coefficient (Wildman–Crippen LogP) is 2.64. The van der Waals surface area contributed by atoms with Gasteiger partial charge in [0, 0.05) is 24.0 Å². The van der Waals surface area contributed by atoms with Crippen molar-refractivity contribution in [3.63, 3.8) is 0 Å². The molecule has 2 amide bonds. The zero-order chi connectivity index (χ0) is 16.8. The molecular weight excluding hydrogens is 342 g/mol. The van der Waals surface area contributed by atoms with Crippen LogP contribution in [0.5, 0.6) is 0 Å². The summed E-state index contributed by atoms with van der Waals surface area (Å²) in [6, 6.07) is 9.96. The fourth-order valence-corrected chi connectivity index (χ4v) is 4.16. The molecule has 0 saturated carbocycles. The molecule has 0 spiro atoms. The standard InChI is InChI=1S/C17H19N3O2S2/c21-15(18-10-16(22)20-8-4-5-9-20)12-24-17-19-14(11-23-17)13-6-2-1-3-7-13/h1-3,6-7,11H,4-5,8-10,12H2,(H,18,21). The smallest absolute Gasteiger partial charge is 0.241 e. The third-order valence-electron chi connectivity index (χ3n) is 3.77. The number of nitrogens with one attached hydrogen (secondary N) is 1. The van der Waals surface area contributed by atoms with Crippen molar-refractivity contribution in [2.24, 2.45) is 0 Å². The van der Waals surface area contributed by atoms with E-state index in [9.17, 15) is 9.59 Å². The minimum absolute atomic E-state index is 0.00598. The second kappa shape index (κ2) is 8.30. The summed E-state index contributed by atoms with van der Waals surface area (Å²) in [5, 5.41) is 4.69. The number of hydrogen-bond donors (Lipinski definition) is 1. The topological polar surface area (TPSA) is 62.3 Å². The highest BCUT2D eigenvalue weighted by Crippen LogP contribution is 2.27. The molecule has 0 bridgehead atoms. The van der Waals surface area contributed by atoms with E-state index < -0.39 is 0 Å². The molecular formula is C17H19N3O2S2. The van der Waals surface area contributed by atoms with E-state index in [0.29, 0.717) is 0 Å². The Hall–Kier alpha value is -1.86. The first-order valence-electron chi connectivity index (χ1n) is 7.90. The first kappa shape index (κ1) is 17.0. The molecule has 0 atom stereocenters. The second-order valence-electron chi connectivity index (χ2n) is 5.52. The number of aromatic nitrogens is 1. The third kappa shape index (κ3) is 4.58. The van der Waals surface area contributed by atoms with Crippen LogP contribution in [0.1, 0.15) is 12.8 Å². The van der Waals surface area contributed by atoms with Gasteiger partial charge in [-0.05, 0) is 12.8 Å². The Morgan fingerprint density at radius 2 is 1.96 bits per heavy atom. The summed E-state index contributed by atoms with van der Waals surface area (Å²) in [5.74, 6) is 0.144. The third-order valence-corrected chi connectivity index (χ3v) is 5.80. The number of carbonyl (C=O) groups excluding carboxylic acids is 2. The van der Waals surface area contributed by atoms with Crippen LogP contribution in [0.3, 0.4) is 0 Å². The Morgan fingerprint density at radius 1 is 1.21 bits per heavy atom. The molecule has 2 aromatic rings. The molecule has 1 aliphatic heterocycles. The molecule has 1 N–H and O–H groups in total. The molecule has 1 fully saturated rings. The normalized spacial score (nSPS) is 13.9. The van der Waals surface area contributed by atoms with Gasteiger partial charge in [0.15, 0.2) is 4.34 Å². The molecule has 1 aliphatic rings. The molecule has 1 saturated heterocycles. The van der Waals surface area contributed by atoms with Crippen LogP contribution in [0.15, 0.2) is 40.1 Å². The van der Waals surface area contributed by atoms with Crippen LogP contribution in [0.4, 0.5) is 0 Å². The summed E-state index contributed by atoms with van der Waals surface area (Å²) in [5.41, 5.74) is 1.99. The number of carbonyl (C=O) groups is 2. The second-order valence-corrected chi connectivity index (χ2v) is 7.60. The summed E-state index contributed by atoms with van der Waals surface area (Å²) in [6.45, 7) is 1.71. The van der Waals surface area contributed by atoms with Crippen molar-refractivity contribution in [2.75, 3.05) is 25.4 Å². The van der Waals surface area contributed by atoms with E-state index in [4.69, 9.17) is 0 Å². The van der Waals surface area contributed by atoms with Crippen molar-refractivity contribution >= 4 is 34.9 Å². The van der Waals surface area contributed by atoms with E-state index in [1.54, 1.807) is 4.90 Å². The quantitative estimate of drug-likeness (QED) is 0.804. The van der Waals surface area contributed by atoms with Gasteiger partial charge in [0.05, 0.1) is 18.0 Å². The first-order valence-corrected chi connectivity index (χ1v) is 9.77. The summed E-state index contributed by atoms with van der Waals surface area (Å²) >= 11 is 2.93. The van der Waals surface area contributed by atoms with Gasteiger partial charge in [-0.3, -0.25) is 9.59 Å². The number of thiazole rings is 1. The van der Waals surface area contributed by atoms with E-state index in [1.165, 1.54) is 23.1 Å². The van der Waals surface area contributed by atoms with Gasteiger partial charge in [0.1, 0.15) is 0 Å². The highest BCUT2D eigenvalue weighted by atomic mass is 32.2. The summed E-state index contributed by atoms with van der Waals surface area (Å²) < 4.78 is 0.856. The van der Waals surface area contributed by atoms with Crippen molar-refractivity contribution in [1.29, 1.82) is 0 Å². The Bertz CT molecular complexity index is 697. The maximum Gasteiger partial charge on any atom is 0.241 e. The van der Waals surface area contributed by atoms with Gasteiger partial charge >= 0.3 is 0 Å². The van der Waals surface area contributed by atoms with Gasteiger partial charge in [-0.1, -0.05) is 42.1 Å². The fraction of sp³-hybridized carbons (Fsp3) is 0.353. The molecule has 2 heterocycles. The monoisotopic (exact) mass is 361 g/mol. The Balaban J connectivity index is 1.43. The maximum absolute atomic E-state index is 11.9. The Labute approximate surface area is 149 Å². The van der Waals surface area contributed by atoms with Crippen molar-refractivity contribution in [2.45, 2.75) is 17.2 Å². The molecule has 3 rings (SSSR count). The SMILES string of the molecule is O=C(CSc1nc(-c2ccccc2)cs1)NCC(=O)N1CCCC1. The minimum Gasteiger partial charge on any atom is -0.346 e. The van der Waals surface area contributed by atoms with E-state index in [-0.39, 0.29) is 24.1 Å². The van der Waals surface area contributed by atoms with Crippen LogP contribution < -0.4 is 5.32 Å². The molecule has 1 aromatic carbocycles. The van der Waals surface area contributed by atoms with Gasteiger partial charge in [-0.25, -0.2) is 4.98 Å². The number of benzene rings is 1. The van der Waals surface area contributed by atoms with Gasteiger partial charge in [0.2, 0.25) is 11.8 Å². The average Bonchev–Trinajstić information content (AvgIpc) is 3.30. The van der Waals surface area contributed by atoms with Gasteiger partial charge in [0.25, 0.3) is 0 Å². The molecule has 5 nitrogen and oxygen atoms in total. The van der Waals surface area contributed by atoms with E-state index in [0.717, 1.165) is 41.5 Å². The van der Waals surface area contributed by atoms with E-state index in [1.807, 2.05) is 35.7 Å². The van der Waals surface area contributed by atoms with Crippen LogP contribution in [0.25, 0.3) is 11.3 Å². The minimum atomic E-state index is -0.135. The maximum atomic E-state index is 11.9. The van der Waals surface area contributed by atoms with Crippen molar-refractivity contribution in [3.8, 4) is 11.3 Å². The van der Waals surface area contributed by atoms with Crippen LogP contribution in [-0.4, -0.2) is 47.1 Å². The highest BCUT2D eigenvalue weighted by molar-refractivity contribution is 8.01. The number of thioether (sulfide) groups is 1. The predicted molar refractivity (Wildman–Crippen MR) is 97.1 cm³/mol. The molecule has 7 heteroatoms. The number of rotatable bonds is 6. The summed E-state index contributed by atoms with van der Waals surface area (Å²) in [7, 11) is 0. The lowest BCUT2D eigenvalue weighted by atomic mass is 10.2. The Morgan fingerprint density at radius 3 is 2.71 bits per heavy atom.